The van der Waals surface area contributed by atoms with Gasteiger partial charge >= 0.3 is 0 Å². The van der Waals surface area contributed by atoms with E-state index in [9.17, 15) is 0 Å². The Labute approximate surface area is 334 Å². The van der Waals surface area contributed by atoms with Crippen molar-refractivity contribution in [2.75, 3.05) is 0 Å². The third-order valence-electron chi connectivity index (χ3n) is 9.73. The predicted octanol–water partition coefficient (Wildman–Crippen LogP) is 16.2. The fraction of sp³-hybridized carbons (Fsp3) is 0.200. The maximum absolute atomic E-state index is 4.12. The van der Waals surface area contributed by atoms with E-state index in [1.54, 1.807) is 0 Å². The zero-order valence-corrected chi connectivity index (χ0v) is 34.7. The largest absolute Gasteiger partial charge is 0.106 e. The molecule has 0 aliphatic heterocycles. The van der Waals surface area contributed by atoms with Gasteiger partial charge in [-0.05, 0) is 102 Å². The summed E-state index contributed by atoms with van der Waals surface area (Å²) in [6.45, 7) is 26.7. The van der Waals surface area contributed by atoms with E-state index in [0.29, 0.717) is 0 Å². The lowest BCUT2D eigenvalue weighted by Crippen LogP contribution is -2.28. The first-order valence-corrected chi connectivity index (χ1v) is 19.9. The minimum absolute atomic E-state index is 0.366. The number of hydrogen-bond donors (Lipinski definition) is 0. The average Bonchev–Trinajstić information content (AvgIpc) is 3.88. The van der Waals surface area contributed by atoms with Crippen LogP contribution in [0.2, 0.25) is 0 Å². The van der Waals surface area contributed by atoms with Gasteiger partial charge in [-0.15, -0.1) is 13.2 Å². The molecule has 0 aromatic heterocycles. The van der Waals surface area contributed by atoms with E-state index in [1.165, 1.54) is 66.8 Å². The molecule has 0 atom stereocenters. The van der Waals surface area contributed by atoms with Gasteiger partial charge in [0.2, 0.25) is 0 Å². The van der Waals surface area contributed by atoms with Crippen LogP contribution in [-0.2, 0) is 5.41 Å². The monoisotopic (exact) mass is 722 g/mol. The Kier molecular flexibility index (Phi) is 17.9. The van der Waals surface area contributed by atoms with Crippen molar-refractivity contribution in [3.63, 3.8) is 0 Å². The van der Waals surface area contributed by atoms with E-state index >= 15 is 0 Å². The normalized spacial score (nSPS) is 13.5. The van der Waals surface area contributed by atoms with Gasteiger partial charge in [-0.25, -0.2) is 0 Å². The second-order valence-corrected chi connectivity index (χ2v) is 13.1. The molecule has 0 N–H and O–H groups in total. The molecule has 2 aliphatic carbocycles. The highest BCUT2D eigenvalue weighted by atomic mass is 14.5. The first-order valence-electron chi connectivity index (χ1n) is 19.9. The Morgan fingerprint density at radius 2 is 1.16 bits per heavy atom. The summed E-state index contributed by atoms with van der Waals surface area (Å²) in [5.41, 5.74) is 16.7. The van der Waals surface area contributed by atoms with Crippen LogP contribution in [0.4, 0.5) is 0 Å². The third-order valence-corrected chi connectivity index (χ3v) is 9.73. The Bertz CT molecular complexity index is 2060. The van der Waals surface area contributed by atoms with Crippen molar-refractivity contribution in [3.8, 4) is 11.1 Å². The van der Waals surface area contributed by atoms with Crippen molar-refractivity contribution in [2.24, 2.45) is 0 Å². The van der Waals surface area contributed by atoms with Gasteiger partial charge in [-0.3, -0.25) is 0 Å². The van der Waals surface area contributed by atoms with Crippen LogP contribution < -0.4 is 0 Å². The van der Waals surface area contributed by atoms with Crippen LogP contribution in [0.5, 0.6) is 0 Å². The Balaban J connectivity index is 0.000000310. The molecular weight excluding hydrogens is 661 g/mol. The van der Waals surface area contributed by atoms with Gasteiger partial charge in [0.1, 0.15) is 0 Å². The summed E-state index contributed by atoms with van der Waals surface area (Å²) in [6.07, 6.45) is 15.3. The average molecular weight is 723 g/mol. The van der Waals surface area contributed by atoms with Gasteiger partial charge in [0.25, 0.3) is 0 Å². The summed E-state index contributed by atoms with van der Waals surface area (Å²) in [5.74, 6) is 0. The van der Waals surface area contributed by atoms with Crippen LogP contribution in [-0.4, -0.2) is 0 Å². The highest BCUT2D eigenvalue weighted by Crippen LogP contribution is 2.56. The lowest BCUT2D eigenvalue weighted by Gasteiger charge is -2.34. The molecule has 0 saturated heterocycles. The number of hydrogen-bond acceptors (Lipinski definition) is 0. The fourth-order valence-electron chi connectivity index (χ4n) is 7.33. The smallest absolute Gasteiger partial charge is 0.0713 e. The van der Waals surface area contributed by atoms with Gasteiger partial charge < -0.3 is 0 Å². The molecule has 0 bridgehead atoms. The molecule has 55 heavy (non-hydrogen) atoms. The molecule has 0 heterocycles. The molecule has 0 saturated carbocycles. The van der Waals surface area contributed by atoms with Crippen LogP contribution >= 0.6 is 0 Å². The van der Waals surface area contributed by atoms with Crippen LogP contribution in [0.25, 0.3) is 22.3 Å². The summed E-state index contributed by atoms with van der Waals surface area (Å²) in [5, 5.41) is 0. The zero-order chi connectivity index (χ0) is 40.2. The van der Waals surface area contributed by atoms with Crippen LogP contribution in [0, 0.1) is 0 Å². The maximum atomic E-state index is 4.12. The second-order valence-electron chi connectivity index (χ2n) is 13.1. The molecule has 2 aliphatic rings. The molecule has 0 spiro atoms. The minimum atomic E-state index is -0.366. The fourth-order valence-corrected chi connectivity index (χ4v) is 7.33. The highest BCUT2D eigenvalue weighted by molar-refractivity contribution is 5.89. The third kappa shape index (κ3) is 10.3. The Morgan fingerprint density at radius 1 is 0.636 bits per heavy atom. The van der Waals surface area contributed by atoms with Gasteiger partial charge in [-0.2, -0.15) is 0 Å². The van der Waals surface area contributed by atoms with Crippen LogP contribution in [0.3, 0.4) is 0 Å². The Hall–Kier alpha value is -5.72. The first kappa shape index (κ1) is 43.7. The van der Waals surface area contributed by atoms with E-state index in [4.69, 9.17) is 0 Å². The SMILES string of the molecule is C/C(CC1=CC=CC1)=C(/C)c1ccccc1.C=C.C=C(C)/C=C(\C=C/C)c1ccc2c(c1)C(c1ccccc1)(c1ccccc1)c1ccccc1-2.CC.CC. The number of rotatable bonds is 8. The van der Waals surface area contributed by atoms with E-state index < -0.39 is 0 Å². The van der Waals surface area contributed by atoms with Crippen molar-refractivity contribution in [2.45, 2.75) is 73.6 Å². The quantitative estimate of drug-likeness (QED) is 0.108. The zero-order valence-electron chi connectivity index (χ0n) is 34.7. The van der Waals surface area contributed by atoms with Crippen molar-refractivity contribution in [1.29, 1.82) is 0 Å². The molecule has 7 rings (SSSR count). The van der Waals surface area contributed by atoms with E-state index in [0.717, 1.165) is 18.4 Å². The molecule has 0 unspecified atom stereocenters. The highest BCUT2D eigenvalue weighted by Gasteiger charge is 2.46. The molecule has 0 fully saturated rings. The van der Waals surface area contributed by atoms with Gasteiger partial charge in [0.15, 0.2) is 0 Å². The van der Waals surface area contributed by atoms with Crippen molar-refractivity contribution < 1.29 is 0 Å². The lowest BCUT2D eigenvalue weighted by molar-refractivity contribution is 0.768. The van der Waals surface area contributed by atoms with Gasteiger partial charge in [-0.1, -0.05) is 215 Å². The van der Waals surface area contributed by atoms with Gasteiger partial charge in [0, 0.05) is 0 Å². The van der Waals surface area contributed by atoms with Crippen LogP contribution in [0.1, 0.15) is 102 Å². The number of allylic oxidation sites excluding steroid dienone is 11. The summed E-state index contributed by atoms with van der Waals surface area (Å²) in [6, 6.07) is 48.3. The molecule has 0 radical (unpaired) electrons. The van der Waals surface area contributed by atoms with Crippen LogP contribution in [0.15, 0.2) is 206 Å². The van der Waals surface area contributed by atoms with E-state index in [2.05, 4.69) is 210 Å². The molecule has 5 aromatic carbocycles. The van der Waals surface area contributed by atoms with Crippen molar-refractivity contribution in [3.05, 3.63) is 240 Å². The summed E-state index contributed by atoms with van der Waals surface area (Å²) in [7, 11) is 0. The predicted molar refractivity (Wildman–Crippen MR) is 246 cm³/mol. The molecule has 0 heteroatoms. The molecule has 282 valence electrons. The van der Waals surface area contributed by atoms with Crippen molar-refractivity contribution >= 4 is 11.1 Å². The lowest BCUT2D eigenvalue weighted by atomic mass is 9.67. The Morgan fingerprint density at radius 3 is 1.69 bits per heavy atom. The van der Waals surface area contributed by atoms with E-state index in [1.807, 2.05) is 34.6 Å². The maximum Gasteiger partial charge on any atom is 0.0713 e. The van der Waals surface area contributed by atoms with E-state index in [-0.39, 0.29) is 5.41 Å². The molecule has 0 nitrogen and oxygen atoms in total. The van der Waals surface area contributed by atoms with Gasteiger partial charge in [0.05, 0.1) is 5.41 Å². The second kappa shape index (κ2) is 22.5. The number of benzene rings is 5. The molecule has 0 amide bonds. The summed E-state index contributed by atoms with van der Waals surface area (Å²) < 4.78 is 0. The number of fused-ring (bicyclic) bond motifs is 3. The standard InChI is InChI=1S/C33H28.C16H18.2C2H6.C2H4/c1-4-13-25(22-24(2)3)26-20-21-30-29-18-11-12-19-31(29)33(32(30)23-26,27-14-7-5-8-15-27)28-16-9-6-10-17-28;1-13(12-15-8-6-7-9-15)14(2)16-10-4-3-5-11-16;3*1-2/h4-23H,2H2,1,3H3;3-8,10-11H,9,12H2,1-2H3;2*1-2H3;1-2H2/b13-4-,25-22+;14-13+;;;. The topological polar surface area (TPSA) is 0 Å². The molecular formula is C55H62. The van der Waals surface area contributed by atoms with Crippen molar-refractivity contribution in [1.82, 2.24) is 0 Å². The summed E-state index contributed by atoms with van der Waals surface area (Å²) in [4.78, 5) is 0. The summed E-state index contributed by atoms with van der Waals surface area (Å²) >= 11 is 0. The minimum Gasteiger partial charge on any atom is -0.106 e. The molecule has 5 aromatic rings. The first-order chi connectivity index (χ1) is 26.9.